The third-order valence-electron chi connectivity index (χ3n) is 2.45. The van der Waals surface area contributed by atoms with Crippen molar-refractivity contribution in [2.45, 2.75) is 6.43 Å². The molecular weight excluding hydrogens is 262 g/mol. The molecule has 0 heterocycles. The lowest BCUT2D eigenvalue weighted by molar-refractivity contribution is -0.385. The molecule has 0 aliphatic carbocycles. The van der Waals surface area contributed by atoms with E-state index in [0.29, 0.717) is 0 Å². The zero-order valence-electron chi connectivity index (χ0n) is 10.3. The molecule has 0 bridgehead atoms. The Hall–Kier alpha value is -1.96. The number of aliphatic hydroxyl groups excluding tert-OH is 1. The van der Waals surface area contributed by atoms with Gasteiger partial charge in [0, 0.05) is 6.54 Å². The summed E-state index contributed by atoms with van der Waals surface area (Å²) >= 11 is 0. The van der Waals surface area contributed by atoms with E-state index in [9.17, 15) is 18.9 Å². The Labute approximate surface area is 108 Å². The molecule has 0 amide bonds. The van der Waals surface area contributed by atoms with E-state index in [4.69, 9.17) is 9.84 Å². The molecule has 19 heavy (non-hydrogen) atoms. The van der Waals surface area contributed by atoms with E-state index in [1.54, 1.807) is 0 Å². The fraction of sp³-hybridized carbons (Fsp3) is 0.455. The maximum Gasteiger partial charge on any atom is 0.333 e. The number of ether oxygens (including phenoxy) is 1. The fourth-order valence-corrected chi connectivity index (χ4v) is 1.71. The van der Waals surface area contributed by atoms with Crippen molar-refractivity contribution in [2.24, 2.45) is 0 Å². The highest BCUT2D eigenvalue weighted by Gasteiger charge is 2.25. The monoisotopic (exact) mass is 276 g/mol. The second-order valence-electron chi connectivity index (χ2n) is 3.65. The summed E-state index contributed by atoms with van der Waals surface area (Å²) in [5, 5.41) is 19.9. The quantitative estimate of drug-likeness (QED) is 0.605. The van der Waals surface area contributed by atoms with Crippen LogP contribution in [0.3, 0.4) is 0 Å². The second kappa shape index (κ2) is 6.83. The van der Waals surface area contributed by atoms with E-state index in [1.807, 2.05) is 0 Å². The van der Waals surface area contributed by atoms with Crippen molar-refractivity contribution >= 4 is 11.4 Å². The van der Waals surface area contributed by atoms with Gasteiger partial charge >= 0.3 is 5.69 Å². The molecule has 0 aliphatic rings. The normalized spacial score (nSPS) is 10.6. The van der Waals surface area contributed by atoms with Crippen LogP contribution in [-0.4, -0.2) is 43.3 Å². The van der Waals surface area contributed by atoms with Gasteiger partial charge in [0.15, 0.2) is 5.75 Å². The maximum atomic E-state index is 12.5. The number of hydrogen-bond donors (Lipinski definition) is 1. The van der Waals surface area contributed by atoms with Gasteiger partial charge in [0.05, 0.1) is 25.2 Å². The molecule has 1 aromatic rings. The highest BCUT2D eigenvalue weighted by Crippen LogP contribution is 2.37. The Morgan fingerprint density at radius 2 is 2.21 bits per heavy atom. The SMILES string of the molecule is COc1cccc(N(CCO)CC(F)F)c1[N+](=O)[O-]. The Bertz CT molecular complexity index is 443. The number of nitrogens with zero attached hydrogens (tertiary/aromatic N) is 2. The van der Waals surface area contributed by atoms with E-state index in [2.05, 4.69) is 0 Å². The van der Waals surface area contributed by atoms with Crippen molar-refractivity contribution in [1.29, 1.82) is 0 Å². The van der Waals surface area contributed by atoms with Crippen LogP contribution in [-0.2, 0) is 0 Å². The zero-order valence-corrected chi connectivity index (χ0v) is 10.3. The summed E-state index contributed by atoms with van der Waals surface area (Å²) in [6, 6.07) is 4.19. The highest BCUT2D eigenvalue weighted by atomic mass is 19.3. The van der Waals surface area contributed by atoms with Crippen molar-refractivity contribution in [3.05, 3.63) is 28.3 Å². The van der Waals surface area contributed by atoms with Crippen molar-refractivity contribution in [2.75, 3.05) is 31.7 Å². The third kappa shape index (κ3) is 3.75. The molecule has 0 unspecified atom stereocenters. The predicted molar refractivity (Wildman–Crippen MR) is 65.0 cm³/mol. The lowest BCUT2D eigenvalue weighted by Crippen LogP contribution is -2.32. The van der Waals surface area contributed by atoms with Crippen LogP contribution in [0.2, 0.25) is 0 Å². The van der Waals surface area contributed by atoms with Gasteiger partial charge in [-0.25, -0.2) is 8.78 Å². The van der Waals surface area contributed by atoms with Crippen LogP contribution < -0.4 is 9.64 Å². The topological polar surface area (TPSA) is 75.8 Å². The van der Waals surface area contributed by atoms with Crippen LogP contribution in [0.4, 0.5) is 20.2 Å². The van der Waals surface area contributed by atoms with Gasteiger partial charge < -0.3 is 14.7 Å². The number of alkyl halides is 2. The number of anilines is 1. The Kier molecular flexibility index (Phi) is 5.43. The zero-order chi connectivity index (χ0) is 14.4. The first-order valence-electron chi connectivity index (χ1n) is 5.46. The first-order valence-corrected chi connectivity index (χ1v) is 5.46. The molecule has 0 fully saturated rings. The number of methoxy groups -OCH3 is 1. The summed E-state index contributed by atoms with van der Waals surface area (Å²) in [5.74, 6) is -0.0142. The lowest BCUT2D eigenvalue weighted by atomic mass is 10.2. The number of aliphatic hydroxyl groups is 1. The Morgan fingerprint density at radius 1 is 1.53 bits per heavy atom. The Balaban J connectivity index is 3.24. The molecular formula is C11H14F2N2O4. The maximum absolute atomic E-state index is 12.5. The van der Waals surface area contributed by atoms with Crippen molar-refractivity contribution < 1.29 is 23.5 Å². The number of nitro benzene ring substituents is 1. The van der Waals surface area contributed by atoms with Crippen LogP contribution >= 0.6 is 0 Å². The van der Waals surface area contributed by atoms with Gasteiger partial charge in [-0.15, -0.1) is 0 Å². The number of rotatable bonds is 7. The molecule has 1 rings (SSSR count). The van der Waals surface area contributed by atoms with Crippen LogP contribution in [0, 0.1) is 10.1 Å². The first kappa shape index (κ1) is 15.1. The van der Waals surface area contributed by atoms with E-state index >= 15 is 0 Å². The lowest BCUT2D eigenvalue weighted by Gasteiger charge is -2.23. The molecule has 0 atom stereocenters. The number of benzene rings is 1. The van der Waals surface area contributed by atoms with Gasteiger partial charge in [0.25, 0.3) is 6.43 Å². The molecule has 106 valence electrons. The minimum absolute atomic E-state index is 0.00120. The van der Waals surface area contributed by atoms with E-state index in [0.717, 1.165) is 4.90 Å². The minimum Gasteiger partial charge on any atom is -0.490 e. The summed E-state index contributed by atoms with van der Waals surface area (Å²) in [6.45, 7) is -1.21. The highest BCUT2D eigenvalue weighted by molar-refractivity contribution is 5.69. The molecule has 0 spiro atoms. The molecule has 0 aromatic heterocycles. The van der Waals surface area contributed by atoms with Gasteiger partial charge in [0.2, 0.25) is 0 Å². The van der Waals surface area contributed by atoms with E-state index < -0.39 is 17.9 Å². The van der Waals surface area contributed by atoms with Gasteiger partial charge in [-0.2, -0.15) is 0 Å². The number of nitro groups is 1. The van der Waals surface area contributed by atoms with E-state index in [1.165, 1.54) is 25.3 Å². The molecule has 0 aliphatic heterocycles. The smallest absolute Gasteiger partial charge is 0.333 e. The largest absolute Gasteiger partial charge is 0.490 e. The molecule has 6 nitrogen and oxygen atoms in total. The average molecular weight is 276 g/mol. The third-order valence-corrected chi connectivity index (χ3v) is 2.45. The number of para-hydroxylation sites is 1. The molecule has 0 saturated carbocycles. The Morgan fingerprint density at radius 3 is 2.68 bits per heavy atom. The number of hydrogen-bond acceptors (Lipinski definition) is 5. The second-order valence-corrected chi connectivity index (χ2v) is 3.65. The van der Waals surface area contributed by atoms with E-state index in [-0.39, 0.29) is 30.3 Å². The van der Waals surface area contributed by atoms with Crippen molar-refractivity contribution in [1.82, 2.24) is 0 Å². The van der Waals surface area contributed by atoms with Crippen LogP contribution in [0.15, 0.2) is 18.2 Å². The molecule has 0 radical (unpaired) electrons. The molecule has 1 aromatic carbocycles. The fourth-order valence-electron chi connectivity index (χ4n) is 1.71. The molecule has 8 heteroatoms. The summed E-state index contributed by atoms with van der Waals surface area (Å²) in [4.78, 5) is 11.4. The molecule has 1 N–H and O–H groups in total. The molecule has 0 saturated heterocycles. The summed E-state index contributed by atoms with van der Waals surface area (Å²) in [7, 11) is 1.26. The van der Waals surface area contributed by atoms with Gasteiger partial charge in [-0.3, -0.25) is 10.1 Å². The van der Waals surface area contributed by atoms with Gasteiger partial charge in [-0.05, 0) is 12.1 Å². The first-order chi connectivity index (χ1) is 9.01. The summed E-state index contributed by atoms with van der Waals surface area (Å²) in [6.07, 6.45) is -2.67. The van der Waals surface area contributed by atoms with Crippen LogP contribution in [0.5, 0.6) is 5.75 Å². The van der Waals surface area contributed by atoms with Gasteiger partial charge in [0.1, 0.15) is 5.69 Å². The van der Waals surface area contributed by atoms with Crippen LogP contribution in [0.25, 0.3) is 0 Å². The number of halogens is 2. The summed E-state index contributed by atoms with van der Waals surface area (Å²) < 4.78 is 29.8. The summed E-state index contributed by atoms with van der Waals surface area (Å²) in [5.41, 5.74) is -0.391. The van der Waals surface area contributed by atoms with Crippen molar-refractivity contribution in [3.63, 3.8) is 0 Å². The average Bonchev–Trinajstić information content (AvgIpc) is 2.36. The minimum atomic E-state index is -2.67. The van der Waals surface area contributed by atoms with Gasteiger partial charge in [-0.1, -0.05) is 6.07 Å². The van der Waals surface area contributed by atoms with Crippen LogP contribution in [0.1, 0.15) is 0 Å². The van der Waals surface area contributed by atoms with Crippen molar-refractivity contribution in [3.8, 4) is 5.75 Å². The predicted octanol–water partition coefficient (Wildman–Crippen LogP) is 1.67. The standard InChI is InChI=1S/C11H14F2N2O4/c1-19-9-4-2-3-8(11(9)15(17)18)14(5-6-16)7-10(12)13/h2-4,10,16H,5-7H2,1H3.